The lowest BCUT2D eigenvalue weighted by Crippen LogP contribution is -2.09. The maximum absolute atomic E-state index is 6.33. The maximum Gasteiger partial charge on any atom is 0.137 e. The van der Waals surface area contributed by atoms with Crippen molar-refractivity contribution in [2.45, 2.75) is 0 Å². The summed E-state index contributed by atoms with van der Waals surface area (Å²) in [5.41, 5.74) is 10.8. The van der Waals surface area contributed by atoms with Crippen molar-refractivity contribution in [3.63, 3.8) is 0 Å². The summed E-state index contributed by atoms with van der Waals surface area (Å²) in [6, 6.07) is 69.0. The highest BCUT2D eigenvalue weighted by atomic mass is 32.1. The quantitative estimate of drug-likeness (QED) is 0.167. The number of hydrogen-bond donors (Lipinski definition) is 0. The van der Waals surface area contributed by atoms with Crippen molar-refractivity contribution in [2.24, 2.45) is 0 Å². The molecule has 0 atom stereocenters. The van der Waals surface area contributed by atoms with Crippen molar-refractivity contribution in [1.29, 1.82) is 0 Å². The van der Waals surface area contributed by atoms with Crippen LogP contribution in [-0.2, 0) is 0 Å². The van der Waals surface area contributed by atoms with Crippen molar-refractivity contribution in [1.82, 2.24) is 0 Å². The molecule has 2 aromatic heterocycles. The van der Waals surface area contributed by atoms with Gasteiger partial charge in [0.05, 0.1) is 10.4 Å². The molecular weight excluding hydrogens is 653 g/mol. The normalized spacial score (nSPS) is 11.5. The van der Waals surface area contributed by atoms with Gasteiger partial charge in [0, 0.05) is 60.7 Å². The number of hydrogen-bond acceptors (Lipinski definition) is 4. The molecule has 0 fully saturated rings. The monoisotopic (exact) mass is 684 g/mol. The first-order valence-corrected chi connectivity index (χ1v) is 18.3. The number of furan rings is 1. The van der Waals surface area contributed by atoms with E-state index in [0.29, 0.717) is 0 Å². The smallest absolute Gasteiger partial charge is 0.137 e. The summed E-state index contributed by atoms with van der Waals surface area (Å²) < 4.78 is 8.82. The third-order valence-corrected chi connectivity index (χ3v) is 11.0. The second kappa shape index (κ2) is 12.6. The zero-order valence-electron chi connectivity index (χ0n) is 28.2. The van der Waals surface area contributed by atoms with E-state index < -0.39 is 0 Å². The van der Waals surface area contributed by atoms with Crippen LogP contribution in [0.2, 0.25) is 0 Å². The SMILES string of the molecule is c1ccc(-c2ccc(N(c3ccccc3)c3cccc4c3sc3cc(N(c5ccccc5)c5ccc6c(c5)oc5ccccc56)ccc34)cc2)cc1. The van der Waals surface area contributed by atoms with Gasteiger partial charge in [-0.1, -0.05) is 115 Å². The lowest BCUT2D eigenvalue weighted by molar-refractivity contribution is 0.669. The van der Waals surface area contributed by atoms with Gasteiger partial charge in [0.25, 0.3) is 0 Å². The van der Waals surface area contributed by atoms with E-state index in [2.05, 4.69) is 192 Å². The number of rotatable bonds is 7. The summed E-state index contributed by atoms with van der Waals surface area (Å²) in [6.07, 6.45) is 0. The molecule has 2 heterocycles. The predicted molar refractivity (Wildman–Crippen MR) is 221 cm³/mol. The van der Waals surface area contributed by atoms with Gasteiger partial charge >= 0.3 is 0 Å². The van der Waals surface area contributed by atoms with Gasteiger partial charge in [-0.25, -0.2) is 0 Å². The fourth-order valence-corrected chi connectivity index (χ4v) is 8.64. The largest absolute Gasteiger partial charge is 0.456 e. The number of anilines is 6. The van der Waals surface area contributed by atoms with Gasteiger partial charge in [-0.3, -0.25) is 0 Å². The van der Waals surface area contributed by atoms with Crippen LogP contribution in [0.25, 0.3) is 53.2 Å². The fourth-order valence-electron chi connectivity index (χ4n) is 7.40. The van der Waals surface area contributed by atoms with Gasteiger partial charge in [0.1, 0.15) is 11.2 Å². The topological polar surface area (TPSA) is 19.6 Å². The Labute approximate surface area is 305 Å². The number of fused-ring (bicyclic) bond motifs is 6. The number of nitrogens with zero attached hydrogens (tertiary/aromatic N) is 2. The third kappa shape index (κ3) is 5.20. The summed E-state index contributed by atoms with van der Waals surface area (Å²) >= 11 is 1.85. The number of thiophene rings is 1. The van der Waals surface area contributed by atoms with Gasteiger partial charge in [-0.15, -0.1) is 11.3 Å². The Morgan fingerprint density at radius 2 is 0.885 bits per heavy atom. The lowest BCUT2D eigenvalue weighted by Gasteiger charge is -2.26. The summed E-state index contributed by atoms with van der Waals surface area (Å²) in [6.45, 7) is 0. The average molecular weight is 685 g/mol. The molecule has 3 nitrogen and oxygen atoms in total. The minimum atomic E-state index is 0.880. The van der Waals surface area contributed by atoms with E-state index >= 15 is 0 Å². The van der Waals surface area contributed by atoms with E-state index in [1.807, 2.05) is 23.5 Å². The first kappa shape index (κ1) is 30.2. The van der Waals surface area contributed by atoms with Crippen molar-refractivity contribution >= 4 is 87.6 Å². The van der Waals surface area contributed by atoms with Gasteiger partial charge in [-0.05, 0) is 83.9 Å². The van der Waals surface area contributed by atoms with E-state index in [-0.39, 0.29) is 0 Å². The molecule has 0 saturated carbocycles. The molecular formula is C48H32N2OS. The van der Waals surface area contributed by atoms with Crippen molar-refractivity contribution < 1.29 is 4.42 Å². The molecule has 0 N–H and O–H groups in total. The zero-order chi connectivity index (χ0) is 34.4. The van der Waals surface area contributed by atoms with Gasteiger partial charge in [-0.2, -0.15) is 0 Å². The average Bonchev–Trinajstić information content (AvgIpc) is 3.78. The minimum Gasteiger partial charge on any atom is -0.456 e. The van der Waals surface area contributed by atoms with Crippen LogP contribution in [0.3, 0.4) is 0 Å². The van der Waals surface area contributed by atoms with Gasteiger partial charge < -0.3 is 14.2 Å². The van der Waals surface area contributed by atoms with Crippen LogP contribution in [0.5, 0.6) is 0 Å². The highest BCUT2D eigenvalue weighted by Gasteiger charge is 2.20. The third-order valence-electron chi connectivity index (χ3n) is 9.84. The molecule has 0 radical (unpaired) electrons. The van der Waals surface area contributed by atoms with E-state index in [1.165, 1.54) is 31.3 Å². The lowest BCUT2D eigenvalue weighted by atomic mass is 10.0. The standard InChI is InChI=1S/C48H32N2OS/c1-4-13-33(14-5-1)34-23-25-37(26-24-34)50(36-17-8-3-9-18-36)44-21-12-20-43-42-30-28-39(32-47(42)52-48(43)44)49(35-15-6-2-7-16-35)38-27-29-41-40-19-10-11-22-45(40)51-46(41)31-38/h1-32H. The molecule has 0 saturated heterocycles. The summed E-state index contributed by atoms with van der Waals surface area (Å²) in [4.78, 5) is 4.70. The molecule has 0 bridgehead atoms. The van der Waals surface area contributed by atoms with Crippen LogP contribution in [-0.4, -0.2) is 0 Å². The summed E-state index contributed by atoms with van der Waals surface area (Å²) in [5.74, 6) is 0. The van der Waals surface area contributed by atoms with Crippen LogP contribution in [0.15, 0.2) is 199 Å². The van der Waals surface area contributed by atoms with Crippen LogP contribution in [0, 0.1) is 0 Å². The minimum absolute atomic E-state index is 0.880. The summed E-state index contributed by atoms with van der Waals surface area (Å²) in [5, 5.41) is 4.76. The highest BCUT2D eigenvalue weighted by molar-refractivity contribution is 7.26. The van der Waals surface area contributed by atoms with E-state index in [0.717, 1.165) is 56.1 Å². The van der Waals surface area contributed by atoms with E-state index in [4.69, 9.17) is 4.42 Å². The fraction of sp³-hybridized carbons (Fsp3) is 0. The van der Waals surface area contributed by atoms with Crippen molar-refractivity contribution in [2.75, 3.05) is 9.80 Å². The number of para-hydroxylation sites is 3. The zero-order valence-corrected chi connectivity index (χ0v) is 29.0. The van der Waals surface area contributed by atoms with E-state index in [9.17, 15) is 0 Å². The van der Waals surface area contributed by atoms with Gasteiger partial charge in [0.2, 0.25) is 0 Å². The van der Waals surface area contributed by atoms with Crippen LogP contribution >= 0.6 is 11.3 Å². The first-order valence-electron chi connectivity index (χ1n) is 17.5. The molecule has 0 spiro atoms. The Hall–Kier alpha value is -6.62. The molecule has 8 aromatic carbocycles. The molecule has 4 heteroatoms. The molecule has 0 unspecified atom stereocenters. The first-order chi connectivity index (χ1) is 25.8. The Balaban J connectivity index is 1.11. The Morgan fingerprint density at radius 3 is 1.63 bits per heavy atom. The van der Waals surface area contributed by atoms with E-state index in [1.54, 1.807) is 0 Å². The summed E-state index contributed by atoms with van der Waals surface area (Å²) in [7, 11) is 0. The van der Waals surface area contributed by atoms with Crippen LogP contribution < -0.4 is 9.80 Å². The molecule has 10 rings (SSSR count). The number of benzene rings is 8. The molecule has 0 aliphatic rings. The predicted octanol–water partition coefficient (Wildman–Crippen LogP) is 14.6. The highest BCUT2D eigenvalue weighted by Crippen LogP contribution is 2.47. The Morgan fingerprint density at radius 1 is 0.346 bits per heavy atom. The van der Waals surface area contributed by atoms with Crippen molar-refractivity contribution in [3.05, 3.63) is 194 Å². The Kier molecular flexibility index (Phi) is 7.33. The van der Waals surface area contributed by atoms with Crippen LogP contribution in [0.1, 0.15) is 0 Å². The molecule has 0 aliphatic heterocycles. The second-order valence-corrected chi connectivity index (χ2v) is 14.0. The Bertz CT molecular complexity index is 2840. The second-order valence-electron chi connectivity index (χ2n) is 13.0. The molecule has 246 valence electrons. The molecule has 10 aromatic rings. The van der Waals surface area contributed by atoms with Crippen LogP contribution in [0.4, 0.5) is 34.1 Å². The van der Waals surface area contributed by atoms with Gasteiger partial charge in [0.15, 0.2) is 0 Å². The molecule has 0 aliphatic carbocycles. The maximum atomic E-state index is 6.33. The van der Waals surface area contributed by atoms with Crippen molar-refractivity contribution in [3.8, 4) is 11.1 Å². The molecule has 0 amide bonds. The molecule has 52 heavy (non-hydrogen) atoms.